The van der Waals surface area contributed by atoms with Gasteiger partial charge >= 0.3 is 11.0 Å². The minimum atomic E-state index is -0.672. The van der Waals surface area contributed by atoms with Crippen LogP contribution in [0.5, 0.6) is 5.75 Å². The monoisotopic (exact) mass is 296 g/mol. The molecule has 2 aromatic rings. The van der Waals surface area contributed by atoms with E-state index in [9.17, 15) is 19.5 Å². The van der Waals surface area contributed by atoms with Gasteiger partial charge in [0, 0.05) is 6.42 Å². The summed E-state index contributed by atoms with van der Waals surface area (Å²) in [5.74, 6) is 0.00624. The summed E-state index contributed by atoms with van der Waals surface area (Å²) in [5.41, 5.74) is 1.19. The van der Waals surface area contributed by atoms with Crippen LogP contribution in [0.1, 0.15) is 5.56 Å². The van der Waals surface area contributed by atoms with Crippen molar-refractivity contribution in [1.29, 1.82) is 0 Å². The summed E-state index contributed by atoms with van der Waals surface area (Å²) in [6, 6.07) is 3.15. The number of rotatable bonds is 5. The van der Waals surface area contributed by atoms with Crippen LogP contribution in [0.4, 0.5) is 4.79 Å². The molecule has 7 nitrogen and oxygen atoms in total. The van der Waals surface area contributed by atoms with Crippen molar-refractivity contribution in [2.75, 3.05) is 13.2 Å². The number of aromatic amines is 1. The van der Waals surface area contributed by atoms with Gasteiger partial charge in [-0.3, -0.25) is 4.79 Å². The molecule has 0 fully saturated rings. The molecule has 106 valence electrons. The number of nitrogens with one attached hydrogen (secondary N) is 2. The van der Waals surface area contributed by atoms with E-state index in [0.29, 0.717) is 22.9 Å². The van der Waals surface area contributed by atoms with Crippen LogP contribution in [-0.4, -0.2) is 35.6 Å². The maximum Gasteiger partial charge on any atom is 0.407 e. The molecule has 1 aromatic heterocycles. The highest BCUT2D eigenvalue weighted by Crippen LogP contribution is 2.27. The number of phenolic OH excluding ortho intramolecular Hbond substituents is 1. The van der Waals surface area contributed by atoms with Crippen molar-refractivity contribution < 1.29 is 19.4 Å². The number of ether oxygens (including phenoxy) is 1. The van der Waals surface area contributed by atoms with Crippen LogP contribution >= 0.6 is 11.3 Å². The molecular weight excluding hydrogens is 284 g/mol. The fourth-order valence-electron chi connectivity index (χ4n) is 1.70. The molecule has 1 amide bonds. The summed E-state index contributed by atoms with van der Waals surface area (Å²) in [7, 11) is 0. The van der Waals surface area contributed by atoms with Crippen molar-refractivity contribution in [1.82, 2.24) is 10.3 Å². The molecule has 1 heterocycles. The van der Waals surface area contributed by atoms with E-state index in [1.54, 1.807) is 6.07 Å². The van der Waals surface area contributed by atoms with Gasteiger partial charge in [0.05, 0.1) is 17.9 Å². The Labute approximate surface area is 117 Å². The minimum Gasteiger partial charge on any atom is -0.506 e. The number of phenols is 1. The SMILES string of the molecule is O=CCNC(=O)OCCc1ccc(O)c2[nH]c(=O)sc12. The molecule has 8 heteroatoms. The molecule has 0 bridgehead atoms. The Morgan fingerprint density at radius 1 is 1.50 bits per heavy atom. The van der Waals surface area contributed by atoms with Gasteiger partial charge in [-0.15, -0.1) is 0 Å². The number of benzene rings is 1. The number of hydrogen-bond acceptors (Lipinski definition) is 6. The molecule has 0 saturated carbocycles. The predicted molar refractivity (Wildman–Crippen MR) is 73.2 cm³/mol. The van der Waals surface area contributed by atoms with Crippen LogP contribution < -0.4 is 10.2 Å². The molecule has 3 N–H and O–H groups in total. The van der Waals surface area contributed by atoms with Crippen molar-refractivity contribution >= 4 is 33.9 Å². The van der Waals surface area contributed by atoms with E-state index in [1.165, 1.54) is 6.07 Å². The summed E-state index contributed by atoms with van der Waals surface area (Å²) in [6.45, 7) is 0.0123. The molecule has 0 aliphatic carbocycles. The number of aromatic nitrogens is 1. The number of amides is 1. The van der Waals surface area contributed by atoms with E-state index in [0.717, 1.165) is 16.9 Å². The Morgan fingerprint density at radius 2 is 2.30 bits per heavy atom. The third kappa shape index (κ3) is 3.15. The molecule has 20 heavy (non-hydrogen) atoms. The lowest BCUT2D eigenvalue weighted by Crippen LogP contribution is -2.26. The van der Waals surface area contributed by atoms with Crippen LogP contribution in [0.15, 0.2) is 16.9 Å². The zero-order valence-electron chi connectivity index (χ0n) is 10.3. The third-order valence-electron chi connectivity index (χ3n) is 2.57. The van der Waals surface area contributed by atoms with Crippen LogP contribution in [0.2, 0.25) is 0 Å². The van der Waals surface area contributed by atoms with Crippen LogP contribution in [0.25, 0.3) is 10.2 Å². The number of fused-ring (bicyclic) bond motifs is 1. The van der Waals surface area contributed by atoms with E-state index in [4.69, 9.17) is 4.74 Å². The summed E-state index contributed by atoms with van der Waals surface area (Å²) in [4.78, 5) is 34.8. The normalized spacial score (nSPS) is 10.4. The average molecular weight is 296 g/mol. The predicted octanol–water partition coefficient (Wildman–Crippen LogP) is 0.763. The summed E-state index contributed by atoms with van der Waals surface area (Å²) < 4.78 is 5.52. The Bertz CT molecular complexity index is 691. The van der Waals surface area contributed by atoms with Crippen molar-refractivity contribution in [3.05, 3.63) is 27.4 Å². The topological polar surface area (TPSA) is 108 Å². The van der Waals surface area contributed by atoms with E-state index < -0.39 is 6.09 Å². The number of alkyl carbamates (subject to hydrolysis) is 1. The fourth-order valence-corrected chi connectivity index (χ4v) is 2.60. The first kappa shape index (κ1) is 14.1. The van der Waals surface area contributed by atoms with Crippen LogP contribution in [-0.2, 0) is 16.0 Å². The van der Waals surface area contributed by atoms with Crippen LogP contribution in [0.3, 0.4) is 0 Å². The maximum atomic E-state index is 11.3. The second kappa shape index (κ2) is 6.20. The van der Waals surface area contributed by atoms with Gasteiger partial charge in [0.1, 0.15) is 17.6 Å². The second-order valence-corrected chi connectivity index (χ2v) is 4.88. The van der Waals surface area contributed by atoms with E-state index in [2.05, 4.69) is 10.3 Å². The molecule has 0 saturated heterocycles. The third-order valence-corrected chi connectivity index (χ3v) is 3.53. The molecule has 0 aliphatic heterocycles. The van der Waals surface area contributed by atoms with Crippen molar-refractivity contribution in [3.63, 3.8) is 0 Å². The molecule has 0 unspecified atom stereocenters. The number of H-pyrrole nitrogens is 1. The van der Waals surface area contributed by atoms with Crippen molar-refractivity contribution in [3.8, 4) is 5.75 Å². The highest BCUT2D eigenvalue weighted by Gasteiger charge is 2.10. The quantitative estimate of drug-likeness (QED) is 0.706. The first-order valence-electron chi connectivity index (χ1n) is 5.79. The highest BCUT2D eigenvalue weighted by molar-refractivity contribution is 7.16. The molecule has 0 radical (unpaired) electrons. The van der Waals surface area contributed by atoms with Gasteiger partial charge in [-0.25, -0.2) is 4.79 Å². The number of aldehydes is 1. The Balaban J connectivity index is 2.03. The van der Waals surface area contributed by atoms with E-state index in [1.807, 2.05) is 0 Å². The lowest BCUT2D eigenvalue weighted by Gasteiger charge is -2.06. The van der Waals surface area contributed by atoms with Gasteiger partial charge in [0.15, 0.2) is 0 Å². The van der Waals surface area contributed by atoms with Gasteiger partial charge < -0.3 is 24.9 Å². The molecule has 2 rings (SSSR count). The summed E-state index contributed by atoms with van der Waals surface area (Å²) >= 11 is 0.992. The minimum absolute atomic E-state index is 0.00624. The van der Waals surface area contributed by atoms with Crippen molar-refractivity contribution in [2.24, 2.45) is 0 Å². The summed E-state index contributed by atoms with van der Waals surface area (Å²) in [6.07, 6.45) is 0.288. The zero-order chi connectivity index (χ0) is 14.5. The number of aromatic hydroxyl groups is 1. The standard InChI is InChI=1S/C12H12N2O5S/c15-5-4-13-11(17)19-6-3-7-1-2-8(16)9-10(7)20-12(18)14-9/h1-2,5,16H,3-4,6H2,(H,13,17)(H,14,18). The Hall–Kier alpha value is -2.35. The van der Waals surface area contributed by atoms with Gasteiger partial charge in [0.2, 0.25) is 0 Å². The molecule has 0 atom stereocenters. The lowest BCUT2D eigenvalue weighted by molar-refractivity contribution is -0.107. The smallest absolute Gasteiger partial charge is 0.407 e. The van der Waals surface area contributed by atoms with Crippen molar-refractivity contribution in [2.45, 2.75) is 6.42 Å². The maximum absolute atomic E-state index is 11.3. The Kier molecular flexibility index (Phi) is 4.36. The lowest BCUT2D eigenvalue weighted by atomic mass is 10.1. The largest absolute Gasteiger partial charge is 0.506 e. The fraction of sp³-hybridized carbons (Fsp3) is 0.250. The molecule has 1 aromatic carbocycles. The first-order chi connectivity index (χ1) is 9.61. The number of hydrogen-bond donors (Lipinski definition) is 3. The number of carbonyl (C=O) groups excluding carboxylic acids is 2. The molecular formula is C12H12N2O5S. The van der Waals surface area contributed by atoms with Gasteiger partial charge in [-0.1, -0.05) is 17.4 Å². The highest BCUT2D eigenvalue weighted by atomic mass is 32.1. The summed E-state index contributed by atoms with van der Waals surface area (Å²) in [5, 5.41) is 11.9. The zero-order valence-corrected chi connectivity index (χ0v) is 11.2. The van der Waals surface area contributed by atoms with E-state index in [-0.39, 0.29) is 23.8 Å². The van der Waals surface area contributed by atoms with E-state index >= 15 is 0 Å². The second-order valence-electron chi connectivity index (χ2n) is 3.90. The Morgan fingerprint density at radius 3 is 3.05 bits per heavy atom. The van der Waals surface area contributed by atoms with Gasteiger partial charge in [-0.2, -0.15) is 0 Å². The first-order valence-corrected chi connectivity index (χ1v) is 6.61. The van der Waals surface area contributed by atoms with Crippen LogP contribution in [0, 0.1) is 0 Å². The average Bonchev–Trinajstić information content (AvgIpc) is 2.82. The molecule has 0 aliphatic rings. The van der Waals surface area contributed by atoms with Gasteiger partial charge in [-0.05, 0) is 11.6 Å². The van der Waals surface area contributed by atoms with Gasteiger partial charge in [0.25, 0.3) is 0 Å². The number of carbonyl (C=O) groups is 2. The number of thiazole rings is 1. The molecule has 0 spiro atoms.